The summed E-state index contributed by atoms with van der Waals surface area (Å²) in [6.45, 7) is 0. The van der Waals surface area contributed by atoms with E-state index in [1.165, 1.54) is 24.1 Å². The zero-order chi connectivity index (χ0) is 14.5. The molecule has 0 aliphatic heterocycles. The van der Waals surface area contributed by atoms with E-state index in [1.807, 2.05) is 24.3 Å². The minimum Gasteiger partial charge on any atom is -0.507 e. The van der Waals surface area contributed by atoms with Gasteiger partial charge in [0.2, 0.25) is 0 Å². The van der Waals surface area contributed by atoms with E-state index in [9.17, 15) is 9.90 Å². The summed E-state index contributed by atoms with van der Waals surface area (Å²) in [6, 6.07) is 12.4. The Morgan fingerprint density at radius 2 is 1.90 bits per heavy atom. The van der Waals surface area contributed by atoms with Crippen LogP contribution in [0.1, 0.15) is 15.9 Å². The summed E-state index contributed by atoms with van der Waals surface area (Å²) < 4.78 is 4.10. The van der Waals surface area contributed by atoms with Gasteiger partial charge < -0.3 is 14.9 Å². The molecular weight excluding hydrogens is 342 g/mol. The van der Waals surface area contributed by atoms with Crippen molar-refractivity contribution in [2.45, 2.75) is 5.75 Å². The molecule has 104 valence electrons. The highest BCUT2D eigenvalue weighted by Crippen LogP contribution is 2.25. The third kappa shape index (κ3) is 3.91. The molecule has 0 bridgehead atoms. The maximum absolute atomic E-state index is 10.8. The molecule has 0 aliphatic rings. The van der Waals surface area contributed by atoms with Crippen molar-refractivity contribution < 1.29 is 15.0 Å². The van der Waals surface area contributed by atoms with Crippen molar-refractivity contribution in [1.82, 2.24) is 0 Å². The Morgan fingerprint density at radius 1 is 1.20 bits per heavy atom. The van der Waals surface area contributed by atoms with Gasteiger partial charge in [-0.2, -0.15) is 0 Å². The van der Waals surface area contributed by atoms with E-state index < -0.39 is 5.97 Å². The molecule has 0 spiro atoms. The fourth-order valence-electron chi connectivity index (χ4n) is 1.56. The van der Waals surface area contributed by atoms with Gasteiger partial charge in [-0.25, -0.2) is 4.79 Å². The molecule has 4 nitrogen and oxygen atoms in total. The van der Waals surface area contributed by atoms with E-state index in [0.717, 1.165) is 15.8 Å². The van der Waals surface area contributed by atoms with Gasteiger partial charge in [0.1, 0.15) is 11.3 Å². The highest BCUT2D eigenvalue weighted by Gasteiger charge is 2.09. The van der Waals surface area contributed by atoms with E-state index >= 15 is 0 Å². The number of carboxylic acids is 1. The summed E-state index contributed by atoms with van der Waals surface area (Å²) in [5, 5.41) is 18.4. The zero-order valence-electron chi connectivity index (χ0n) is 10.3. The van der Waals surface area contributed by atoms with Crippen molar-refractivity contribution in [2.75, 3.05) is 4.72 Å². The molecule has 0 fully saturated rings. The van der Waals surface area contributed by atoms with Crippen LogP contribution in [0.4, 0.5) is 5.69 Å². The Morgan fingerprint density at radius 3 is 2.50 bits per heavy atom. The number of halogens is 1. The Kier molecular flexibility index (Phi) is 4.92. The molecule has 2 aromatic rings. The van der Waals surface area contributed by atoms with Gasteiger partial charge >= 0.3 is 5.97 Å². The number of aromatic carboxylic acids is 1. The largest absolute Gasteiger partial charge is 0.507 e. The van der Waals surface area contributed by atoms with Gasteiger partial charge in [0.15, 0.2) is 0 Å². The summed E-state index contributed by atoms with van der Waals surface area (Å²) in [6.07, 6.45) is 0. The van der Waals surface area contributed by atoms with Crippen molar-refractivity contribution in [1.29, 1.82) is 0 Å². The molecule has 0 heterocycles. The summed E-state index contributed by atoms with van der Waals surface area (Å²) in [5.74, 6) is -0.627. The third-order valence-electron chi connectivity index (χ3n) is 2.57. The van der Waals surface area contributed by atoms with Crippen molar-refractivity contribution in [3.63, 3.8) is 0 Å². The molecule has 0 unspecified atom stereocenters. The number of benzene rings is 2. The van der Waals surface area contributed by atoms with Crippen LogP contribution in [0.15, 0.2) is 46.9 Å². The molecule has 2 aromatic carbocycles. The minimum absolute atomic E-state index is 0.103. The second-order valence-electron chi connectivity index (χ2n) is 4.05. The first-order valence-electron chi connectivity index (χ1n) is 5.75. The van der Waals surface area contributed by atoms with E-state index in [0.29, 0.717) is 5.69 Å². The first-order chi connectivity index (χ1) is 9.56. The van der Waals surface area contributed by atoms with Gasteiger partial charge in [-0.15, -0.1) is 0 Å². The lowest BCUT2D eigenvalue weighted by molar-refractivity contribution is 0.0694. The van der Waals surface area contributed by atoms with Crippen LogP contribution >= 0.6 is 27.9 Å². The van der Waals surface area contributed by atoms with Crippen LogP contribution in [0, 0.1) is 0 Å². The lowest BCUT2D eigenvalue weighted by Gasteiger charge is -2.07. The van der Waals surface area contributed by atoms with Gasteiger partial charge in [0.25, 0.3) is 0 Å². The summed E-state index contributed by atoms with van der Waals surface area (Å²) in [4.78, 5) is 10.8. The molecule has 0 saturated carbocycles. The van der Waals surface area contributed by atoms with E-state index in [2.05, 4.69) is 20.7 Å². The zero-order valence-corrected chi connectivity index (χ0v) is 12.7. The summed E-state index contributed by atoms with van der Waals surface area (Å²) >= 11 is 4.84. The number of rotatable bonds is 5. The average molecular weight is 354 g/mol. The number of carboxylic acid groups (broad SMARTS) is 1. The molecule has 6 heteroatoms. The average Bonchev–Trinajstić information content (AvgIpc) is 2.41. The molecule has 2 rings (SSSR count). The van der Waals surface area contributed by atoms with Crippen molar-refractivity contribution in [2.24, 2.45) is 0 Å². The predicted octanol–water partition coefficient (Wildman–Crippen LogP) is 4.11. The number of anilines is 1. The Labute approximate surface area is 129 Å². The molecule has 0 amide bonds. The van der Waals surface area contributed by atoms with Crippen LogP contribution in [-0.2, 0) is 5.75 Å². The smallest absolute Gasteiger partial charge is 0.339 e. The number of hydrogen-bond acceptors (Lipinski definition) is 4. The van der Waals surface area contributed by atoms with Crippen LogP contribution < -0.4 is 4.72 Å². The normalized spacial score (nSPS) is 10.2. The highest BCUT2D eigenvalue weighted by molar-refractivity contribution is 9.10. The van der Waals surface area contributed by atoms with E-state index in [1.54, 1.807) is 6.07 Å². The minimum atomic E-state index is -1.14. The molecule has 0 saturated heterocycles. The number of nitrogens with one attached hydrogen (secondary N) is 1. The maximum atomic E-state index is 10.8. The first kappa shape index (κ1) is 14.7. The van der Waals surface area contributed by atoms with Gasteiger partial charge in [0.05, 0.1) is 0 Å². The maximum Gasteiger partial charge on any atom is 0.339 e. The van der Waals surface area contributed by atoms with Crippen LogP contribution in [0.25, 0.3) is 0 Å². The monoisotopic (exact) mass is 353 g/mol. The summed E-state index contributed by atoms with van der Waals surface area (Å²) in [7, 11) is 0. The van der Waals surface area contributed by atoms with Crippen molar-refractivity contribution in [3.05, 3.63) is 58.1 Å². The second kappa shape index (κ2) is 6.67. The van der Waals surface area contributed by atoms with Crippen LogP contribution in [0.3, 0.4) is 0 Å². The number of hydrogen-bond donors (Lipinski definition) is 3. The predicted molar refractivity (Wildman–Crippen MR) is 84.1 cm³/mol. The van der Waals surface area contributed by atoms with Gasteiger partial charge in [0, 0.05) is 22.0 Å². The lowest BCUT2D eigenvalue weighted by Crippen LogP contribution is -1.97. The quantitative estimate of drug-likeness (QED) is 0.705. The molecule has 0 aromatic heterocycles. The van der Waals surface area contributed by atoms with Gasteiger partial charge in [-0.3, -0.25) is 0 Å². The Balaban J connectivity index is 1.92. The number of carbonyl (C=O) groups is 1. The third-order valence-corrected chi connectivity index (χ3v) is 3.96. The Hall–Kier alpha value is -1.66. The molecule has 3 N–H and O–H groups in total. The summed E-state index contributed by atoms with van der Waals surface area (Å²) in [5.41, 5.74) is 1.72. The molecule has 0 radical (unpaired) electrons. The fourth-order valence-corrected chi connectivity index (χ4v) is 2.55. The Bertz CT molecular complexity index is 616. The van der Waals surface area contributed by atoms with Gasteiger partial charge in [-0.1, -0.05) is 28.1 Å². The molecule has 20 heavy (non-hydrogen) atoms. The first-order valence-corrected chi connectivity index (χ1v) is 7.52. The number of phenols is 1. The van der Waals surface area contributed by atoms with Crippen molar-refractivity contribution >= 4 is 39.5 Å². The highest BCUT2D eigenvalue weighted by atomic mass is 79.9. The number of aromatic hydroxyl groups is 1. The standard InChI is InChI=1S/C14H12BrNO3S/c15-10-3-1-9(2-4-10)8-20-16-11-5-6-12(14(18)19)13(17)7-11/h1-7,16-17H,8H2,(H,18,19). The van der Waals surface area contributed by atoms with E-state index in [4.69, 9.17) is 5.11 Å². The lowest BCUT2D eigenvalue weighted by atomic mass is 10.2. The molecule has 0 atom stereocenters. The van der Waals surface area contributed by atoms with Gasteiger partial charge in [-0.05, 0) is 41.8 Å². The molecule has 0 aliphatic carbocycles. The SMILES string of the molecule is O=C(O)c1ccc(NSCc2ccc(Br)cc2)cc1O. The topological polar surface area (TPSA) is 69.6 Å². The van der Waals surface area contributed by atoms with Crippen molar-refractivity contribution in [3.8, 4) is 5.75 Å². The fraction of sp³-hybridized carbons (Fsp3) is 0.0714. The van der Waals surface area contributed by atoms with Crippen LogP contribution in [-0.4, -0.2) is 16.2 Å². The second-order valence-corrected chi connectivity index (χ2v) is 5.75. The van der Waals surface area contributed by atoms with Crippen LogP contribution in [0.2, 0.25) is 0 Å². The van der Waals surface area contributed by atoms with E-state index in [-0.39, 0.29) is 11.3 Å². The molecular formula is C14H12BrNO3S. The van der Waals surface area contributed by atoms with Crippen LogP contribution in [0.5, 0.6) is 5.75 Å².